The van der Waals surface area contributed by atoms with Crippen LogP contribution in [0.15, 0.2) is 18.2 Å². The minimum absolute atomic E-state index is 0.0882. The van der Waals surface area contributed by atoms with Crippen molar-refractivity contribution in [3.05, 3.63) is 33.8 Å². The normalized spacial score (nSPS) is 21.2. The Bertz CT molecular complexity index is 385. The zero-order chi connectivity index (χ0) is 10.8. The van der Waals surface area contributed by atoms with Crippen molar-refractivity contribution in [3.8, 4) is 0 Å². The third-order valence-corrected chi connectivity index (χ3v) is 2.95. The molecule has 1 N–H and O–H groups in total. The predicted molar refractivity (Wildman–Crippen MR) is 58.2 cm³/mol. The van der Waals surface area contributed by atoms with E-state index >= 15 is 0 Å². The van der Waals surface area contributed by atoms with E-state index < -0.39 is 0 Å². The number of halogens is 2. The molecule has 1 aromatic carbocycles. The Hall–Kier alpha value is -0.770. The molecule has 1 amide bonds. The standard InChI is InChI=1S/C10H9Cl2NO2/c11-7-2-1-6(3-8(7)12)9-4-13-10(14)5-15-9/h1-3,9H,4-5H2,(H,13,14). The van der Waals surface area contributed by atoms with Crippen LogP contribution in [0.3, 0.4) is 0 Å². The van der Waals surface area contributed by atoms with Gasteiger partial charge in [0.1, 0.15) is 12.7 Å². The van der Waals surface area contributed by atoms with E-state index in [1.54, 1.807) is 12.1 Å². The van der Waals surface area contributed by atoms with Crippen molar-refractivity contribution >= 4 is 29.1 Å². The van der Waals surface area contributed by atoms with Crippen LogP contribution in [0.2, 0.25) is 10.0 Å². The van der Waals surface area contributed by atoms with E-state index in [-0.39, 0.29) is 18.6 Å². The molecule has 1 saturated heterocycles. The van der Waals surface area contributed by atoms with Crippen molar-refractivity contribution in [1.82, 2.24) is 5.32 Å². The third kappa shape index (κ3) is 2.43. The summed E-state index contributed by atoms with van der Waals surface area (Å²) in [6, 6.07) is 5.32. The fourth-order valence-electron chi connectivity index (χ4n) is 1.42. The van der Waals surface area contributed by atoms with E-state index in [4.69, 9.17) is 27.9 Å². The van der Waals surface area contributed by atoms with Gasteiger partial charge in [0.15, 0.2) is 0 Å². The van der Waals surface area contributed by atoms with Crippen LogP contribution < -0.4 is 5.32 Å². The average Bonchev–Trinajstić information content (AvgIpc) is 2.23. The Morgan fingerprint density at radius 2 is 2.13 bits per heavy atom. The summed E-state index contributed by atoms with van der Waals surface area (Å²) in [5, 5.41) is 3.73. The molecular formula is C10H9Cl2NO2. The number of ether oxygens (including phenoxy) is 1. The summed E-state index contributed by atoms with van der Waals surface area (Å²) in [5.41, 5.74) is 0.921. The second-order valence-corrected chi connectivity index (χ2v) is 4.09. The van der Waals surface area contributed by atoms with E-state index in [2.05, 4.69) is 5.32 Å². The lowest BCUT2D eigenvalue weighted by molar-refractivity contribution is -0.133. The van der Waals surface area contributed by atoms with Crippen molar-refractivity contribution in [2.24, 2.45) is 0 Å². The number of carbonyl (C=O) groups excluding carboxylic acids is 1. The third-order valence-electron chi connectivity index (χ3n) is 2.22. The molecule has 3 nitrogen and oxygen atoms in total. The lowest BCUT2D eigenvalue weighted by Crippen LogP contribution is -2.38. The van der Waals surface area contributed by atoms with Gasteiger partial charge < -0.3 is 10.1 Å². The molecule has 0 aliphatic carbocycles. The van der Waals surface area contributed by atoms with E-state index in [1.807, 2.05) is 6.07 Å². The molecule has 80 valence electrons. The van der Waals surface area contributed by atoms with Crippen LogP contribution in [0.4, 0.5) is 0 Å². The van der Waals surface area contributed by atoms with E-state index in [0.717, 1.165) is 5.56 Å². The van der Waals surface area contributed by atoms with Gasteiger partial charge in [-0.15, -0.1) is 0 Å². The lowest BCUT2D eigenvalue weighted by atomic mass is 10.1. The summed E-state index contributed by atoms with van der Waals surface area (Å²) in [4.78, 5) is 10.9. The monoisotopic (exact) mass is 245 g/mol. The molecule has 0 bridgehead atoms. The Morgan fingerprint density at radius 3 is 2.73 bits per heavy atom. The summed E-state index contributed by atoms with van der Waals surface area (Å²) in [6.07, 6.45) is -0.141. The van der Waals surface area contributed by atoms with Crippen LogP contribution in [-0.4, -0.2) is 19.1 Å². The molecule has 0 aromatic heterocycles. The second kappa shape index (κ2) is 4.39. The highest BCUT2D eigenvalue weighted by molar-refractivity contribution is 6.42. The molecule has 2 rings (SSSR count). The molecule has 1 aliphatic rings. The first-order chi connectivity index (χ1) is 7.16. The van der Waals surface area contributed by atoms with E-state index in [0.29, 0.717) is 16.6 Å². The number of amides is 1. The van der Waals surface area contributed by atoms with Crippen LogP contribution in [-0.2, 0) is 9.53 Å². The van der Waals surface area contributed by atoms with Gasteiger partial charge in [-0.2, -0.15) is 0 Å². The van der Waals surface area contributed by atoms with Crippen molar-refractivity contribution in [1.29, 1.82) is 0 Å². The minimum atomic E-state index is -0.141. The van der Waals surface area contributed by atoms with Crippen LogP contribution in [0.5, 0.6) is 0 Å². The van der Waals surface area contributed by atoms with Crippen molar-refractivity contribution in [2.45, 2.75) is 6.10 Å². The first-order valence-corrected chi connectivity index (χ1v) is 5.25. The molecular weight excluding hydrogens is 237 g/mol. The van der Waals surface area contributed by atoms with Crippen molar-refractivity contribution < 1.29 is 9.53 Å². The maximum Gasteiger partial charge on any atom is 0.246 e. The zero-order valence-corrected chi connectivity index (χ0v) is 9.31. The van der Waals surface area contributed by atoms with E-state index in [9.17, 15) is 4.79 Å². The van der Waals surface area contributed by atoms with Gasteiger partial charge >= 0.3 is 0 Å². The Kier molecular flexibility index (Phi) is 3.14. The molecule has 1 unspecified atom stereocenters. The van der Waals surface area contributed by atoms with Crippen molar-refractivity contribution in [3.63, 3.8) is 0 Å². The van der Waals surface area contributed by atoms with Gasteiger partial charge in [0.05, 0.1) is 10.0 Å². The number of rotatable bonds is 1. The number of hydrogen-bond donors (Lipinski definition) is 1. The number of carbonyl (C=O) groups is 1. The Balaban J connectivity index is 2.16. The average molecular weight is 246 g/mol. The first kappa shape index (κ1) is 10.7. The molecule has 0 saturated carbocycles. The SMILES string of the molecule is O=C1COC(c2ccc(Cl)c(Cl)c2)CN1. The number of benzene rings is 1. The lowest BCUT2D eigenvalue weighted by Gasteiger charge is -2.23. The largest absolute Gasteiger partial charge is 0.362 e. The molecule has 1 atom stereocenters. The highest BCUT2D eigenvalue weighted by atomic mass is 35.5. The fourth-order valence-corrected chi connectivity index (χ4v) is 1.73. The van der Waals surface area contributed by atoms with Crippen LogP contribution >= 0.6 is 23.2 Å². The minimum Gasteiger partial charge on any atom is -0.362 e. The Morgan fingerprint density at radius 1 is 1.33 bits per heavy atom. The summed E-state index contributed by atoms with van der Waals surface area (Å²) < 4.78 is 5.36. The highest BCUT2D eigenvalue weighted by Gasteiger charge is 2.20. The number of hydrogen-bond acceptors (Lipinski definition) is 2. The summed E-state index contributed by atoms with van der Waals surface area (Å²) >= 11 is 11.7. The van der Waals surface area contributed by atoms with Gasteiger partial charge in [-0.05, 0) is 17.7 Å². The second-order valence-electron chi connectivity index (χ2n) is 3.28. The van der Waals surface area contributed by atoms with Crippen LogP contribution in [0, 0.1) is 0 Å². The maximum absolute atomic E-state index is 10.9. The van der Waals surface area contributed by atoms with Gasteiger partial charge in [0, 0.05) is 6.54 Å². The maximum atomic E-state index is 10.9. The first-order valence-electron chi connectivity index (χ1n) is 4.50. The molecule has 0 radical (unpaired) electrons. The van der Waals surface area contributed by atoms with Gasteiger partial charge in [-0.25, -0.2) is 0 Å². The van der Waals surface area contributed by atoms with Crippen LogP contribution in [0.25, 0.3) is 0 Å². The summed E-state index contributed by atoms with van der Waals surface area (Å²) in [7, 11) is 0. The van der Waals surface area contributed by atoms with Gasteiger partial charge in [0.25, 0.3) is 0 Å². The van der Waals surface area contributed by atoms with Gasteiger partial charge in [0.2, 0.25) is 5.91 Å². The van der Waals surface area contributed by atoms with E-state index in [1.165, 1.54) is 0 Å². The zero-order valence-electron chi connectivity index (χ0n) is 7.80. The molecule has 1 heterocycles. The van der Waals surface area contributed by atoms with Gasteiger partial charge in [-0.1, -0.05) is 29.3 Å². The highest BCUT2D eigenvalue weighted by Crippen LogP contribution is 2.27. The number of nitrogens with one attached hydrogen (secondary N) is 1. The Labute approximate surface area is 97.3 Å². The molecule has 5 heteroatoms. The number of morpholine rings is 1. The summed E-state index contributed by atoms with van der Waals surface area (Å²) in [5.74, 6) is -0.0914. The summed E-state index contributed by atoms with van der Waals surface area (Å²) in [6.45, 7) is 0.557. The smallest absolute Gasteiger partial charge is 0.246 e. The fraction of sp³-hybridized carbons (Fsp3) is 0.300. The van der Waals surface area contributed by atoms with Gasteiger partial charge in [-0.3, -0.25) is 4.79 Å². The molecule has 0 spiro atoms. The quantitative estimate of drug-likeness (QED) is 0.824. The predicted octanol–water partition coefficient (Wildman–Crippen LogP) is 2.18. The topological polar surface area (TPSA) is 38.3 Å². The molecule has 1 aromatic rings. The van der Waals surface area contributed by atoms with Crippen LogP contribution in [0.1, 0.15) is 11.7 Å². The molecule has 1 aliphatic heterocycles. The molecule has 15 heavy (non-hydrogen) atoms. The molecule has 1 fully saturated rings. The van der Waals surface area contributed by atoms with Crippen molar-refractivity contribution in [2.75, 3.05) is 13.2 Å².